The van der Waals surface area contributed by atoms with Crippen molar-refractivity contribution in [2.75, 3.05) is 0 Å². The number of rotatable bonds is 1. The third kappa shape index (κ3) is 1.35. The fourth-order valence-electron chi connectivity index (χ4n) is 2.49. The number of nitrogens with two attached hydrogens (primary N) is 1. The highest BCUT2D eigenvalue weighted by Crippen LogP contribution is 2.38. The van der Waals surface area contributed by atoms with Crippen molar-refractivity contribution in [3.05, 3.63) is 17.5 Å². The lowest BCUT2D eigenvalue weighted by Crippen LogP contribution is -2.28. The van der Waals surface area contributed by atoms with Gasteiger partial charge in [0.25, 0.3) is 0 Å². The van der Waals surface area contributed by atoms with Crippen molar-refractivity contribution in [3.63, 3.8) is 0 Å². The number of hydrogen-bond donors (Lipinski definition) is 2. The van der Waals surface area contributed by atoms with E-state index in [1.54, 1.807) is 10.9 Å². The van der Waals surface area contributed by atoms with Crippen LogP contribution in [0.2, 0.25) is 0 Å². The van der Waals surface area contributed by atoms with Gasteiger partial charge in [0.15, 0.2) is 0 Å². The van der Waals surface area contributed by atoms with Gasteiger partial charge in [-0.15, -0.1) is 0 Å². The van der Waals surface area contributed by atoms with E-state index in [1.807, 2.05) is 14.0 Å². The van der Waals surface area contributed by atoms with Crippen molar-refractivity contribution in [2.24, 2.45) is 12.8 Å². The molecule has 0 spiro atoms. The van der Waals surface area contributed by atoms with Crippen LogP contribution in [0.15, 0.2) is 6.20 Å². The molecule has 0 bridgehead atoms. The molecule has 2 rings (SSSR count). The van der Waals surface area contributed by atoms with Gasteiger partial charge in [0.1, 0.15) is 5.60 Å². The average molecular weight is 195 g/mol. The van der Waals surface area contributed by atoms with Crippen LogP contribution in [-0.4, -0.2) is 20.9 Å². The Morgan fingerprint density at radius 2 is 2.43 bits per heavy atom. The second kappa shape index (κ2) is 3.07. The molecule has 1 saturated carbocycles. The number of hydrogen-bond acceptors (Lipinski definition) is 3. The summed E-state index contributed by atoms with van der Waals surface area (Å²) in [7, 11) is 1.87. The summed E-state index contributed by atoms with van der Waals surface area (Å²) < 4.78 is 1.76. The molecule has 0 aliphatic heterocycles. The summed E-state index contributed by atoms with van der Waals surface area (Å²) in [6, 6.07) is 0.120. The largest absolute Gasteiger partial charge is 0.383 e. The monoisotopic (exact) mass is 195 g/mol. The number of aromatic nitrogens is 2. The van der Waals surface area contributed by atoms with Crippen LogP contribution in [0.25, 0.3) is 0 Å². The lowest BCUT2D eigenvalue weighted by molar-refractivity contribution is 0.0341. The molecule has 4 nitrogen and oxygen atoms in total. The van der Waals surface area contributed by atoms with E-state index in [-0.39, 0.29) is 6.04 Å². The first-order valence-corrected chi connectivity index (χ1v) is 5.00. The SMILES string of the molecule is Cc1cnn(C)c1C1(O)CCC(N)C1. The molecule has 0 saturated heterocycles. The molecule has 2 atom stereocenters. The van der Waals surface area contributed by atoms with Crippen molar-refractivity contribution in [1.82, 2.24) is 9.78 Å². The zero-order valence-electron chi connectivity index (χ0n) is 8.70. The first-order chi connectivity index (χ1) is 6.53. The maximum absolute atomic E-state index is 10.4. The summed E-state index contributed by atoms with van der Waals surface area (Å²) in [5.41, 5.74) is 7.04. The molecule has 0 aromatic carbocycles. The van der Waals surface area contributed by atoms with E-state index in [2.05, 4.69) is 5.10 Å². The molecule has 1 aromatic heterocycles. The standard InChI is InChI=1S/C10H17N3O/c1-7-6-12-13(2)9(7)10(14)4-3-8(11)5-10/h6,8,14H,3-5,11H2,1-2H3. The highest BCUT2D eigenvalue weighted by molar-refractivity contribution is 5.24. The van der Waals surface area contributed by atoms with E-state index in [4.69, 9.17) is 5.73 Å². The van der Waals surface area contributed by atoms with Gasteiger partial charge >= 0.3 is 0 Å². The van der Waals surface area contributed by atoms with Gasteiger partial charge in [0, 0.05) is 13.1 Å². The highest BCUT2D eigenvalue weighted by Gasteiger charge is 2.40. The van der Waals surface area contributed by atoms with Crippen LogP contribution < -0.4 is 5.73 Å². The van der Waals surface area contributed by atoms with E-state index in [9.17, 15) is 5.11 Å². The zero-order valence-corrected chi connectivity index (χ0v) is 8.70. The maximum atomic E-state index is 10.4. The van der Waals surface area contributed by atoms with Crippen molar-refractivity contribution >= 4 is 0 Å². The molecule has 1 aromatic rings. The summed E-state index contributed by atoms with van der Waals surface area (Å²) in [6.07, 6.45) is 4.07. The zero-order chi connectivity index (χ0) is 10.3. The number of nitrogens with zero attached hydrogens (tertiary/aromatic N) is 2. The van der Waals surface area contributed by atoms with Gasteiger partial charge < -0.3 is 10.8 Å². The molecule has 1 aliphatic rings. The molecule has 0 radical (unpaired) electrons. The minimum atomic E-state index is -0.755. The third-order valence-electron chi connectivity index (χ3n) is 3.09. The van der Waals surface area contributed by atoms with Crippen LogP contribution in [0, 0.1) is 6.92 Å². The molecule has 4 heteroatoms. The van der Waals surface area contributed by atoms with Gasteiger partial charge in [-0.25, -0.2) is 0 Å². The van der Waals surface area contributed by atoms with Crippen molar-refractivity contribution in [1.29, 1.82) is 0 Å². The summed E-state index contributed by atoms with van der Waals surface area (Å²) in [5.74, 6) is 0. The molecule has 1 fully saturated rings. The molecule has 1 heterocycles. The molecular weight excluding hydrogens is 178 g/mol. The molecule has 0 amide bonds. The fourth-order valence-corrected chi connectivity index (χ4v) is 2.49. The smallest absolute Gasteiger partial charge is 0.108 e. The Hall–Kier alpha value is -0.870. The van der Waals surface area contributed by atoms with Crippen molar-refractivity contribution in [3.8, 4) is 0 Å². The molecule has 2 unspecified atom stereocenters. The summed E-state index contributed by atoms with van der Waals surface area (Å²) in [5, 5.41) is 14.6. The maximum Gasteiger partial charge on any atom is 0.108 e. The quantitative estimate of drug-likeness (QED) is 0.683. The Morgan fingerprint density at radius 1 is 1.71 bits per heavy atom. The van der Waals surface area contributed by atoms with E-state index in [0.29, 0.717) is 6.42 Å². The van der Waals surface area contributed by atoms with Crippen molar-refractivity contribution in [2.45, 2.75) is 37.8 Å². The molecule has 14 heavy (non-hydrogen) atoms. The van der Waals surface area contributed by atoms with Crippen molar-refractivity contribution < 1.29 is 5.11 Å². The summed E-state index contributed by atoms with van der Waals surface area (Å²) >= 11 is 0. The predicted octanol–water partition coefficient (Wildman–Crippen LogP) is 0.427. The van der Waals surface area contributed by atoms with Crippen LogP contribution >= 0.6 is 0 Å². The van der Waals surface area contributed by atoms with Gasteiger partial charge in [0.05, 0.1) is 11.9 Å². The van der Waals surface area contributed by atoms with Gasteiger partial charge in [-0.1, -0.05) is 0 Å². The fraction of sp³-hybridized carbons (Fsp3) is 0.700. The summed E-state index contributed by atoms with van der Waals surface area (Å²) in [6.45, 7) is 1.98. The normalized spacial score (nSPS) is 32.4. The van der Waals surface area contributed by atoms with Crippen LogP contribution in [-0.2, 0) is 12.6 Å². The third-order valence-corrected chi connectivity index (χ3v) is 3.09. The van der Waals surface area contributed by atoms with Crippen LogP contribution in [0.5, 0.6) is 0 Å². The molecular formula is C10H17N3O. The van der Waals surface area contributed by atoms with Gasteiger partial charge in [0.2, 0.25) is 0 Å². The topological polar surface area (TPSA) is 64.1 Å². The Kier molecular flexibility index (Phi) is 2.12. The lowest BCUT2D eigenvalue weighted by atomic mass is 9.95. The van der Waals surface area contributed by atoms with Gasteiger partial charge in [-0.3, -0.25) is 4.68 Å². The molecule has 3 N–H and O–H groups in total. The number of aliphatic hydroxyl groups is 1. The Morgan fingerprint density at radius 3 is 2.86 bits per heavy atom. The highest BCUT2D eigenvalue weighted by atomic mass is 16.3. The van der Waals surface area contributed by atoms with Crippen LogP contribution in [0.1, 0.15) is 30.5 Å². The van der Waals surface area contributed by atoms with Gasteiger partial charge in [-0.2, -0.15) is 5.10 Å². The number of aryl methyl sites for hydroxylation is 2. The predicted molar refractivity (Wildman–Crippen MR) is 53.7 cm³/mol. The van der Waals surface area contributed by atoms with E-state index in [1.165, 1.54) is 0 Å². The van der Waals surface area contributed by atoms with E-state index in [0.717, 1.165) is 24.1 Å². The second-order valence-electron chi connectivity index (χ2n) is 4.33. The molecule has 78 valence electrons. The van der Waals surface area contributed by atoms with E-state index < -0.39 is 5.60 Å². The molecule has 1 aliphatic carbocycles. The van der Waals surface area contributed by atoms with Gasteiger partial charge in [-0.05, 0) is 31.7 Å². The first-order valence-electron chi connectivity index (χ1n) is 5.00. The van der Waals surface area contributed by atoms with Crippen LogP contribution in [0.3, 0.4) is 0 Å². The Bertz CT molecular complexity index is 328. The lowest BCUT2D eigenvalue weighted by Gasteiger charge is -2.23. The summed E-state index contributed by atoms with van der Waals surface area (Å²) in [4.78, 5) is 0. The minimum Gasteiger partial charge on any atom is -0.383 e. The van der Waals surface area contributed by atoms with Crippen LogP contribution in [0.4, 0.5) is 0 Å². The second-order valence-corrected chi connectivity index (χ2v) is 4.33. The first kappa shape index (κ1) is 9.68. The average Bonchev–Trinajstić information content (AvgIpc) is 2.58. The minimum absolute atomic E-state index is 0.120. The Labute approximate surface area is 83.7 Å². The van der Waals surface area contributed by atoms with E-state index >= 15 is 0 Å². The Balaban J connectivity index is 2.39.